The van der Waals surface area contributed by atoms with Gasteiger partial charge in [-0.15, -0.1) is 0 Å². The lowest BCUT2D eigenvalue weighted by molar-refractivity contribution is -0.894. The monoisotopic (exact) mass is 402 g/mol. The van der Waals surface area contributed by atoms with Gasteiger partial charge in [0, 0.05) is 5.92 Å². The maximum atomic E-state index is 12.5. The average Bonchev–Trinajstić information content (AvgIpc) is 2.72. The molecule has 1 aromatic rings. The van der Waals surface area contributed by atoms with Gasteiger partial charge in [0.15, 0.2) is 0 Å². The Hall–Kier alpha value is -1.35. The van der Waals surface area contributed by atoms with E-state index < -0.39 is 0 Å². The SMILES string of the molecule is CCCCCCCCCC[N+](C)(C)C[C@@H]1CCCC[C@H]1OC(=O)c1ccccc1. The second-order valence-electron chi connectivity index (χ2n) is 9.67. The van der Waals surface area contributed by atoms with Crippen LogP contribution in [0.5, 0.6) is 0 Å². The van der Waals surface area contributed by atoms with Crippen molar-refractivity contribution in [1.82, 2.24) is 0 Å². The van der Waals surface area contributed by atoms with Crippen LogP contribution >= 0.6 is 0 Å². The van der Waals surface area contributed by atoms with Crippen molar-refractivity contribution < 1.29 is 14.0 Å². The molecule has 1 aromatic carbocycles. The maximum Gasteiger partial charge on any atom is 0.338 e. The average molecular weight is 403 g/mol. The highest BCUT2D eigenvalue weighted by atomic mass is 16.5. The predicted molar refractivity (Wildman–Crippen MR) is 122 cm³/mol. The van der Waals surface area contributed by atoms with Gasteiger partial charge in [0.25, 0.3) is 0 Å². The first-order chi connectivity index (χ1) is 14.0. The molecular formula is C26H44NO2+. The molecule has 0 aliphatic heterocycles. The van der Waals surface area contributed by atoms with Crippen molar-refractivity contribution in [2.45, 2.75) is 90.1 Å². The molecule has 0 amide bonds. The van der Waals surface area contributed by atoms with Crippen LogP contribution in [0.2, 0.25) is 0 Å². The molecule has 1 aliphatic carbocycles. The summed E-state index contributed by atoms with van der Waals surface area (Å²) < 4.78 is 7.02. The third kappa shape index (κ3) is 9.33. The largest absolute Gasteiger partial charge is 0.458 e. The first-order valence-corrected chi connectivity index (χ1v) is 12.1. The number of hydrogen-bond donors (Lipinski definition) is 0. The fraction of sp³-hybridized carbons (Fsp3) is 0.731. The van der Waals surface area contributed by atoms with Crippen LogP contribution in [0, 0.1) is 5.92 Å². The standard InChI is InChI=1S/C26H44NO2/c1-4-5-6-7-8-9-10-16-21-27(2,3)22-24-19-14-15-20-25(24)29-26(28)23-17-12-11-13-18-23/h11-13,17-18,24-25H,4-10,14-16,19-22H2,1-3H3/q+1/t24-,25+/m0/s1. The van der Waals surface area contributed by atoms with Gasteiger partial charge in [-0.1, -0.05) is 70.1 Å². The fourth-order valence-corrected chi connectivity index (χ4v) is 4.72. The summed E-state index contributed by atoms with van der Waals surface area (Å²) in [6.07, 6.45) is 15.7. The number of hydrogen-bond acceptors (Lipinski definition) is 2. The number of carbonyl (C=O) groups excluding carboxylic acids is 1. The number of carbonyl (C=O) groups is 1. The highest BCUT2D eigenvalue weighted by Gasteiger charge is 2.33. The van der Waals surface area contributed by atoms with Crippen LogP contribution in [0.1, 0.15) is 94.3 Å². The Morgan fingerprint density at radius 3 is 2.24 bits per heavy atom. The molecule has 2 atom stereocenters. The minimum absolute atomic E-state index is 0.0763. The van der Waals surface area contributed by atoms with Crippen LogP contribution in [0.25, 0.3) is 0 Å². The fourth-order valence-electron chi connectivity index (χ4n) is 4.72. The summed E-state index contributed by atoms with van der Waals surface area (Å²) in [5.41, 5.74) is 0.671. The van der Waals surface area contributed by atoms with Crippen molar-refractivity contribution in [2.24, 2.45) is 5.92 Å². The molecule has 0 N–H and O–H groups in total. The molecular weight excluding hydrogens is 358 g/mol. The van der Waals surface area contributed by atoms with E-state index in [-0.39, 0.29) is 12.1 Å². The molecule has 3 heteroatoms. The van der Waals surface area contributed by atoms with Crippen molar-refractivity contribution in [3.05, 3.63) is 35.9 Å². The molecule has 0 spiro atoms. The Morgan fingerprint density at radius 1 is 0.931 bits per heavy atom. The highest BCUT2D eigenvalue weighted by molar-refractivity contribution is 5.89. The molecule has 0 bridgehead atoms. The molecule has 0 aromatic heterocycles. The molecule has 0 saturated heterocycles. The molecule has 0 radical (unpaired) electrons. The van der Waals surface area contributed by atoms with Crippen LogP contribution in [0.4, 0.5) is 0 Å². The molecule has 3 nitrogen and oxygen atoms in total. The number of nitrogens with zero attached hydrogens (tertiary/aromatic N) is 1. The summed E-state index contributed by atoms with van der Waals surface area (Å²) in [7, 11) is 4.71. The predicted octanol–water partition coefficient (Wildman–Crippen LogP) is 6.62. The van der Waals surface area contributed by atoms with Crippen LogP contribution in [-0.2, 0) is 4.74 Å². The van der Waals surface area contributed by atoms with E-state index in [0.717, 1.165) is 17.4 Å². The summed E-state index contributed by atoms with van der Waals surface area (Å²) in [5, 5.41) is 0. The van der Waals surface area contributed by atoms with Crippen LogP contribution < -0.4 is 0 Å². The first kappa shape index (κ1) is 23.9. The van der Waals surface area contributed by atoms with Crippen molar-refractivity contribution in [1.29, 1.82) is 0 Å². The van der Waals surface area contributed by atoms with Gasteiger partial charge in [0.1, 0.15) is 6.10 Å². The summed E-state index contributed by atoms with van der Waals surface area (Å²) in [4.78, 5) is 12.5. The minimum Gasteiger partial charge on any atom is -0.458 e. The zero-order valence-corrected chi connectivity index (χ0v) is 19.2. The van der Waals surface area contributed by atoms with Gasteiger partial charge < -0.3 is 9.22 Å². The Kier molecular flexibility index (Phi) is 10.8. The number of quaternary nitrogens is 1. The molecule has 2 rings (SSSR count). The van der Waals surface area contributed by atoms with E-state index in [9.17, 15) is 4.79 Å². The normalized spacial score (nSPS) is 19.8. The zero-order chi connectivity index (χ0) is 21.0. The summed E-state index contributed by atoms with van der Waals surface area (Å²) in [5.74, 6) is 0.330. The molecule has 0 unspecified atom stereocenters. The van der Waals surface area contributed by atoms with E-state index in [1.54, 1.807) is 0 Å². The van der Waals surface area contributed by atoms with Gasteiger partial charge in [-0.05, 0) is 44.2 Å². The first-order valence-electron chi connectivity index (χ1n) is 12.1. The molecule has 164 valence electrons. The van der Waals surface area contributed by atoms with Crippen molar-refractivity contribution in [3.8, 4) is 0 Å². The summed E-state index contributed by atoms with van der Waals surface area (Å²) in [6.45, 7) is 4.62. The number of ether oxygens (including phenoxy) is 1. The van der Waals surface area contributed by atoms with Gasteiger partial charge in [-0.2, -0.15) is 0 Å². The van der Waals surface area contributed by atoms with Crippen molar-refractivity contribution in [3.63, 3.8) is 0 Å². The third-order valence-corrected chi connectivity index (χ3v) is 6.45. The van der Waals surface area contributed by atoms with Gasteiger partial charge >= 0.3 is 5.97 Å². The molecule has 1 aliphatic rings. The minimum atomic E-state index is -0.157. The van der Waals surface area contributed by atoms with E-state index >= 15 is 0 Å². The van der Waals surface area contributed by atoms with E-state index in [4.69, 9.17) is 4.74 Å². The number of benzene rings is 1. The van der Waals surface area contributed by atoms with Gasteiger partial charge in [0.05, 0.1) is 32.7 Å². The van der Waals surface area contributed by atoms with Gasteiger partial charge in [-0.3, -0.25) is 0 Å². The molecule has 29 heavy (non-hydrogen) atoms. The Bertz CT molecular complexity index is 569. The lowest BCUT2D eigenvalue weighted by Gasteiger charge is -2.38. The van der Waals surface area contributed by atoms with Crippen molar-refractivity contribution >= 4 is 5.97 Å². The zero-order valence-electron chi connectivity index (χ0n) is 19.2. The van der Waals surface area contributed by atoms with Crippen LogP contribution in [0.3, 0.4) is 0 Å². The van der Waals surface area contributed by atoms with Gasteiger partial charge in [-0.25, -0.2) is 4.79 Å². The number of esters is 1. The topological polar surface area (TPSA) is 26.3 Å². The lowest BCUT2D eigenvalue weighted by Crippen LogP contribution is -2.48. The molecule has 0 heterocycles. The third-order valence-electron chi connectivity index (χ3n) is 6.45. The Balaban J connectivity index is 1.74. The van der Waals surface area contributed by atoms with Gasteiger partial charge in [0.2, 0.25) is 0 Å². The van der Waals surface area contributed by atoms with E-state index in [0.29, 0.717) is 11.5 Å². The smallest absolute Gasteiger partial charge is 0.338 e. The van der Waals surface area contributed by atoms with Crippen molar-refractivity contribution in [2.75, 3.05) is 27.2 Å². The number of unbranched alkanes of at least 4 members (excludes halogenated alkanes) is 7. The lowest BCUT2D eigenvalue weighted by atomic mass is 9.85. The highest BCUT2D eigenvalue weighted by Crippen LogP contribution is 2.29. The Labute approximate surface area is 179 Å². The number of rotatable bonds is 13. The van der Waals surface area contributed by atoms with Crippen LogP contribution in [0.15, 0.2) is 30.3 Å². The van der Waals surface area contributed by atoms with Crippen LogP contribution in [-0.4, -0.2) is 43.7 Å². The van der Waals surface area contributed by atoms with E-state index in [1.807, 2.05) is 30.3 Å². The quantitative estimate of drug-likeness (QED) is 0.210. The van der Waals surface area contributed by atoms with E-state index in [1.165, 1.54) is 77.2 Å². The summed E-state index contributed by atoms with van der Waals surface area (Å²) in [6, 6.07) is 9.44. The maximum absolute atomic E-state index is 12.5. The second-order valence-corrected chi connectivity index (χ2v) is 9.67. The van der Waals surface area contributed by atoms with E-state index in [2.05, 4.69) is 21.0 Å². The molecule has 1 fully saturated rings. The Morgan fingerprint density at radius 2 is 1.55 bits per heavy atom. The second kappa shape index (κ2) is 13.1. The molecule has 1 saturated carbocycles. The summed E-state index contributed by atoms with van der Waals surface area (Å²) >= 11 is 0.